The SMILES string of the molecule is COc1cccc(CNc2ccc(SNc3ccc(N4CCNCC4)cc3)cc2)c1O. The number of phenolic OH excluding ortho intramolecular Hbond substituents is 1. The van der Waals surface area contributed by atoms with Gasteiger partial charge in [0, 0.05) is 60.2 Å². The molecule has 4 N–H and O–H groups in total. The van der Waals surface area contributed by atoms with E-state index >= 15 is 0 Å². The van der Waals surface area contributed by atoms with E-state index < -0.39 is 0 Å². The quantitative estimate of drug-likeness (QED) is 0.387. The lowest BCUT2D eigenvalue weighted by atomic mass is 10.2. The van der Waals surface area contributed by atoms with E-state index in [9.17, 15) is 5.11 Å². The Bertz CT molecular complexity index is 974. The fourth-order valence-corrected chi connectivity index (χ4v) is 4.14. The molecule has 4 rings (SSSR count). The highest BCUT2D eigenvalue weighted by Gasteiger charge is 2.10. The van der Waals surface area contributed by atoms with Gasteiger partial charge in [-0.3, -0.25) is 0 Å². The molecule has 0 aliphatic carbocycles. The van der Waals surface area contributed by atoms with Gasteiger partial charge in [-0.25, -0.2) is 0 Å². The second kappa shape index (κ2) is 10.3. The van der Waals surface area contributed by atoms with Gasteiger partial charge in [-0.1, -0.05) is 12.1 Å². The number of hydrogen-bond acceptors (Lipinski definition) is 7. The van der Waals surface area contributed by atoms with Crippen LogP contribution < -0.4 is 25.0 Å². The van der Waals surface area contributed by atoms with E-state index in [4.69, 9.17) is 4.74 Å². The predicted molar refractivity (Wildman–Crippen MR) is 129 cm³/mol. The van der Waals surface area contributed by atoms with Gasteiger partial charge in [-0.2, -0.15) is 0 Å². The summed E-state index contributed by atoms with van der Waals surface area (Å²) in [5.74, 6) is 0.662. The van der Waals surface area contributed by atoms with Crippen molar-refractivity contribution in [2.75, 3.05) is 48.2 Å². The van der Waals surface area contributed by atoms with Crippen LogP contribution in [0.25, 0.3) is 0 Å². The van der Waals surface area contributed by atoms with Gasteiger partial charge in [-0.15, -0.1) is 0 Å². The molecule has 3 aromatic rings. The first-order valence-corrected chi connectivity index (χ1v) is 11.2. The fourth-order valence-electron chi connectivity index (χ4n) is 3.49. The number of rotatable bonds is 8. The second-order valence-corrected chi connectivity index (χ2v) is 8.21. The number of anilines is 3. The van der Waals surface area contributed by atoms with E-state index in [2.05, 4.69) is 56.7 Å². The van der Waals surface area contributed by atoms with Gasteiger partial charge >= 0.3 is 0 Å². The monoisotopic (exact) mass is 436 g/mol. The maximum absolute atomic E-state index is 10.2. The average molecular weight is 437 g/mol. The third-order valence-corrected chi connectivity index (χ3v) is 6.12. The Morgan fingerprint density at radius 3 is 2.39 bits per heavy atom. The molecule has 7 heteroatoms. The van der Waals surface area contributed by atoms with Gasteiger partial charge in [0.05, 0.1) is 7.11 Å². The largest absolute Gasteiger partial charge is 0.504 e. The number of benzene rings is 3. The van der Waals surface area contributed by atoms with Crippen molar-refractivity contribution in [3.63, 3.8) is 0 Å². The van der Waals surface area contributed by atoms with Gasteiger partial charge in [-0.05, 0) is 66.5 Å². The first kappa shape index (κ1) is 21.2. The summed E-state index contributed by atoms with van der Waals surface area (Å²) in [6.45, 7) is 4.72. The topological polar surface area (TPSA) is 68.8 Å². The zero-order valence-corrected chi connectivity index (χ0v) is 18.4. The lowest BCUT2D eigenvalue weighted by Gasteiger charge is -2.29. The van der Waals surface area contributed by atoms with Crippen LogP contribution in [-0.4, -0.2) is 38.4 Å². The standard InChI is InChI=1S/C24H28N4O2S/c1-30-23-4-2-3-18(24(23)29)17-26-19-7-11-22(12-8-19)31-27-20-5-9-21(10-6-20)28-15-13-25-14-16-28/h2-12,25-27,29H,13-17H2,1H3. The number of methoxy groups -OCH3 is 1. The minimum atomic E-state index is 0.178. The number of aromatic hydroxyl groups is 1. The van der Waals surface area contributed by atoms with Gasteiger partial charge in [0.2, 0.25) is 0 Å². The van der Waals surface area contributed by atoms with E-state index in [0.717, 1.165) is 48.0 Å². The Balaban J connectivity index is 1.28. The molecule has 31 heavy (non-hydrogen) atoms. The van der Waals surface area contributed by atoms with Crippen molar-refractivity contribution in [2.24, 2.45) is 0 Å². The Morgan fingerprint density at radius 2 is 1.68 bits per heavy atom. The lowest BCUT2D eigenvalue weighted by molar-refractivity contribution is 0.371. The Hall–Kier alpha value is -3.03. The van der Waals surface area contributed by atoms with E-state index in [-0.39, 0.29) is 5.75 Å². The minimum absolute atomic E-state index is 0.178. The molecule has 1 saturated heterocycles. The Morgan fingerprint density at radius 1 is 0.968 bits per heavy atom. The lowest BCUT2D eigenvalue weighted by Crippen LogP contribution is -2.43. The molecule has 0 aromatic heterocycles. The van der Waals surface area contributed by atoms with Gasteiger partial charge in [0.15, 0.2) is 11.5 Å². The van der Waals surface area contributed by atoms with E-state index in [1.54, 1.807) is 25.1 Å². The molecule has 0 amide bonds. The van der Waals surface area contributed by atoms with Crippen LogP contribution in [0.4, 0.5) is 17.1 Å². The van der Waals surface area contributed by atoms with Crippen LogP contribution in [0.2, 0.25) is 0 Å². The Kier molecular flexibility index (Phi) is 7.07. The van der Waals surface area contributed by atoms with Crippen LogP contribution in [0.5, 0.6) is 11.5 Å². The molecule has 0 spiro atoms. The zero-order valence-electron chi connectivity index (χ0n) is 17.6. The maximum Gasteiger partial charge on any atom is 0.162 e. The molecule has 0 radical (unpaired) electrons. The van der Waals surface area contributed by atoms with Crippen molar-refractivity contribution in [3.8, 4) is 11.5 Å². The molecule has 1 fully saturated rings. The first-order chi connectivity index (χ1) is 15.2. The van der Waals surface area contributed by atoms with Gasteiger partial charge in [0.1, 0.15) is 0 Å². The highest BCUT2D eigenvalue weighted by Crippen LogP contribution is 2.30. The van der Waals surface area contributed by atoms with Gasteiger partial charge in [0.25, 0.3) is 0 Å². The summed E-state index contributed by atoms with van der Waals surface area (Å²) >= 11 is 1.59. The molecule has 1 aliphatic heterocycles. The van der Waals surface area contributed by atoms with Crippen LogP contribution in [0.3, 0.4) is 0 Å². The fraction of sp³-hybridized carbons (Fsp3) is 0.250. The van der Waals surface area contributed by atoms with Crippen LogP contribution in [0, 0.1) is 0 Å². The van der Waals surface area contributed by atoms with E-state index in [1.807, 2.05) is 24.3 Å². The molecule has 0 saturated carbocycles. The summed E-state index contributed by atoms with van der Waals surface area (Å²) in [7, 11) is 1.55. The molecule has 0 unspecified atom stereocenters. The smallest absolute Gasteiger partial charge is 0.162 e. The van der Waals surface area contributed by atoms with Crippen molar-refractivity contribution in [3.05, 3.63) is 72.3 Å². The molecule has 0 atom stereocenters. The van der Waals surface area contributed by atoms with Crippen molar-refractivity contribution in [1.82, 2.24) is 5.32 Å². The second-order valence-electron chi connectivity index (χ2n) is 7.33. The third-order valence-electron chi connectivity index (χ3n) is 5.28. The highest BCUT2D eigenvalue weighted by atomic mass is 32.2. The predicted octanol–water partition coefficient (Wildman–Crippen LogP) is 4.54. The summed E-state index contributed by atoms with van der Waals surface area (Å²) < 4.78 is 8.57. The van der Waals surface area contributed by atoms with Crippen LogP contribution in [0.15, 0.2) is 71.6 Å². The molecule has 162 valence electrons. The van der Waals surface area contributed by atoms with Crippen molar-refractivity contribution < 1.29 is 9.84 Å². The molecule has 0 bridgehead atoms. The van der Waals surface area contributed by atoms with Crippen molar-refractivity contribution >= 4 is 29.0 Å². The molecule has 1 heterocycles. The minimum Gasteiger partial charge on any atom is -0.504 e. The van der Waals surface area contributed by atoms with Crippen LogP contribution >= 0.6 is 11.9 Å². The zero-order chi connectivity index (χ0) is 21.5. The Labute approximate surface area is 187 Å². The van der Waals surface area contributed by atoms with Gasteiger partial charge < -0.3 is 30.1 Å². The molecule has 6 nitrogen and oxygen atoms in total. The van der Waals surface area contributed by atoms with E-state index in [0.29, 0.717) is 12.3 Å². The number of ether oxygens (including phenoxy) is 1. The summed E-state index contributed by atoms with van der Waals surface area (Å²) in [4.78, 5) is 3.53. The number of nitrogens with zero attached hydrogens (tertiary/aromatic N) is 1. The number of piperazine rings is 1. The third kappa shape index (κ3) is 5.57. The van der Waals surface area contributed by atoms with Crippen molar-refractivity contribution in [2.45, 2.75) is 11.4 Å². The number of phenols is 1. The summed E-state index contributed by atoms with van der Waals surface area (Å²) in [5.41, 5.74) is 4.14. The summed E-state index contributed by atoms with van der Waals surface area (Å²) in [5, 5.41) is 16.9. The number of nitrogens with one attached hydrogen (secondary N) is 3. The molecular formula is C24H28N4O2S. The first-order valence-electron chi connectivity index (χ1n) is 10.4. The van der Waals surface area contributed by atoms with Crippen LogP contribution in [-0.2, 0) is 6.54 Å². The highest BCUT2D eigenvalue weighted by molar-refractivity contribution is 8.00. The number of hydrogen-bond donors (Lipinski definition) is 4. The average Bonchev–Trinajstić information content (AvgIpc) is 2.84. The summed E-state index contributed by atoms with van der Waals surface area (Å²) in [6, 6.07) is 22.3. The molecule has 1 aliphatic rings. The maximum atomic E-state index is 10.2. The van der Waals surface area contributed by atoms with Crippen molar-refractivity contribution in [1.29, 1.82) is 0 Å². The molecular weight excluding hydrogens is 408 g/mol. The molecule has 3 aromatic carbocycles. The number of para-hydroxylation sites is 1. The summed E-state index contributed by atoms with van der Waals surface area (Å²) in [6.07, 6.45) is 0. The van der Waals surface area contributed by atoms with E-state index in [1.165, 1.54) is 5.69 Å². The normalized spacial score (nSPS) is 13.6. The van der Waals surface area contributed by atoms with Crippen LogP contribution in [0.1, 0.15) is 5.56 Å².